The van der Waals surface area contributed by atoms with Crippen LogP contribution in [0.15, 0.2) is 24.9 Å². The van der Waals surface area contributed by atoms with E-state index in [0.717, 1.165) is 11.8 Å². The molecule has 0 amide bonds. The molecule has 0 fully saturated rings. The predicted molar refractivity (Wildman–Crippen MR) is 60.8 cm³/mol. The van der Waals surface area contributed by atoms with Crippen LogP contribution in [0.3, 0.4) is 0 Å². The predicted octanol–water partition coefficient (Wildman–Crippen LogP) is 2.20. The van der Waals surface area contributed by atoms with Crippen LogP contribution in [-0.4, -0.2) is 4.98 Å². The fraction of sp³-hybridized carbons (Fsp3) is 0.333. The Bertz CT molecular complexity index is 343. The molecule has 0 aromatic carbocycles. The molecule has 0 saturated heterocycles. The highest BCUT2D eigenvalue weighted by molar-refractivity contribution is 5.54. The first-order valence-corrected chi connectivity index (χ1v) is 4.77. The van der Waals surface area contributed by atoms with Gasteiger partial charge in [-0.15, -0.1) is 0 Å². The average Bonchev–Trinajstić information content (AvgIpc) is 2.58. The normalized spacial score (nSPS) is 11.3. The van der Waals surface area contributed by atoms with Gasteiger partial charge in [0.1, 0.15) is 0 Å². The molecule has 0 aliphatic carbocycles. The van der Waals surface area contributed by atoms with Gasteiger partial charge in [-0.05, 0) is 18.1 Å². The van der Waals surface area contributed by atoms with Crippen molar-refractivity contribution in [3.63, 3.8) is 0 Å². The summed E-state index contributed by atoms with van der Waals surface area (Å²) >= 11 is 0. The quantitative estimate of drug-likeness (QED) is 0.713. The lowest BCUT2D eigenvalue weighted by molar-refractivity contribution is 1.23. The molecular formula is C12H19N. The summed E-state index contributed by atoms with van der Waals surface area (Å²) in [6.45, 7) is 13.7. The van der Waals surface area contributed by atoms with Crippen molar-refractivity contribution in [2.45, 2.75) is 27.2 Å². The first kappa shape index (κ1) is 11.8. The van der Waals surface area contributed by atoms with Crippen LogP contribution in [0.2, 0.25) is 0 Å². The second kappa shape index (κ2) is 6.30. The second-order valence-corrected chi connectivity index (χ2v) is 2.45. The Morgan fingerprint density at radius 2 is 2.15 bits per heavy atom. The Balaban J connectivity index is 0.000000671. The van der Waals surface area contributed by atoms with Gasteiger partial charge in [0.05, 0.1) is 0 Å². The highest BCUT2D eigenvalue weighted by Gasteiger charge is 1.90. The maximum atomic E-state index is 3.87. The van der Waals surface area contributed by atoms with Crippen LogP contribution in [-0.2, 0) is 0 Å². The number of aromatic amines is 1. The molecule has 1 aromatic heterocycles. The summed E-state index contributed by atoms with van der Waals surface area (Å²) in [6.07, 6.45) is 4.79. The monoisotopic (exact) mass is 177 g/mol. The highest BCUT2D eigenvalue weighted by Crippen LogP contribution is 1.97. The number of allylic oxidation sites excluding steroid dienone is 1. The molecule has 0 aliphatic rings. The molecule has 0 unspecified atom stereocenters. The number of hydrogen-bond acceptors (Lipinski definition) is 0. The molecule has 13 heavy (non-hydrogen) atoms. The van der Waals surface area contributed by atoms with Crippen molar-refractivity contribution in [1.29, 1.82) is 0 Å². The summed E-state index contributed by atoms with van der Waals surface area (Å²) < 4.78 is 0. The van der Waals surface area contributed by atoms with E-state index in [-0.39, 0.29) is 0 Å². The Morgan fingerprint density at radius 1 is 1.54 bits per heavy atom. The Labute approximate surface area is 80.5 Å². The van der Waals surface area contributed by atoms with Crippen LogP contribution >= 0.6 is 0 Å². The fourth-order valence-electron chi connectivity index (χ4n) is 1.15. The van der Waals surface area contributed by atoms with E-state index in [9.17, 15) is 0 Å². The summed E-state index contributed by atoms with van der Waals surface area (Å²) in [7, 11) is 0. The molecule has 1 aromatic rings. The van der Waals surface area contributed by atoms with Crippen LogP contribution in [0.4, 0.5) is 0 Å². The van der Waals surface area contributed by atoms with E-state index in [1.165, 1.54) is 10.8 Å². The minimum atomic E-state index is 0.974. The Morgan fingerprint density at radius 3 is 2.46 bits per heavy atom. The maximum absolute atomic E-state index is 3.87. The molecule has 1 heterocycles. The molecule has 72 valence electrons. The molecule has 1 nitrogen and oxygen atoms in total. The topological polar surface area (TPSA) is 15.8 Å². The summed E-state index contributed by atoms with van der Waals surface area (Å²) in [5.41, 5.74) is 1.25. The summed E-state index contributed by atoms with van der Waals surface area (Å²) in [5, 5.41) is 2.16. The molecule has 0 aliphatic heterocycles. The first-order chi connectivity index (χ1) is 6.29. The van der Waals surface area contributed by atoms with E-state index < -0.39 is 0 Å². The van der Waals surface area contributed by atoms with E-state index in [4.69, 9.17) is 0 Å². The molecule has 0 spiro atoms. The molecule has 1 N–H and O–H groups in total. The van der Waals surface area contributed by atoms with Crippen molar-refractivity contribution in [3.8, 4) is 0 Å². The van der Waals surface area contributed by atoms with Crippen molar-refractivity contribution in [3.05, 3.63) is 35.5 Å². The Hall–Kier alpha value is -1.24. The van der Waals surface area contributed by atoms with Gasteiger partial charge in [0, 0.05) is 16.8 Å². The van der Waals surface area contributed by atoms with Crippen molar-refractivity contribution < 1.29 is 0 Å². The zero-order valence-corrected chi connectivity index (χ0v) is 8.85. The van der Waals surface area contributed by atoms with Gasteiger partial charge in [-0.3, -0.25) is 0 Å². The zero-order chi connectivity index (χ0) is 10.3. The fourth-order valence-corrected chi connectivity index (χ4v) is 1.15. The average molecular weight is 177 g/mol. The maximum Gasteiger partial charge on any atom is 0.0383 e. The number of hydrogen-bond donors (Lipinski definition) is 1. The van der Waals surface area contributed by atoms with E-state index in [1.807, 2.05) is 32.2 Å². The summed E-state index contributed by atoms with van der Waals surface area (Å²) in [4.78, 5) is 3.04. The minimum absolute atomic E-state index is 0.974. The molecular weight excluding hydrogens is 158 g/mol. The standard InChI is InChI=1S/C10H13N.C2H6/c1-4-9(5-2)10-6-7-11-8(10)3;1-2/h4,6-7,11H,1,3,5H2,2H3;1-2H3/b10-9+;. The number of H-pyrrole nitrogens is 1. The lowest BCUT2D eigenvalue weighted by Crippen LogP contribution is -2.22. The van der Waals surface area contributed by atoms with Gasteiger partial charge in [-0.2, -0.15) is 0 Å². The molecule has 1 heteroatoms. The van der Waals surface area contributed by atoms with Crippen LogP contribution < -0.4 is 10.6 Å². The van der Waals surface area contributed by atoms with Gasteiger partial charge in [0.2, 0.25) is 0 Å². The lowest BCUT2D eigenvalue weighted by Gasteiger charge is -1.91. The van der Waals surface area contributed by atoms with Crippen molar-refractivity contribution in [2.24, 2.45) is 0 Å². The van der Waals surface area contributed by atoms with E-state index in [1.54, 1.807) is 0 Å². The molecule has 0 saturated carbocycles. The molecule has 0 radical (unpaired) electrons. The largest absolute Gasteiger partial charge is 0.362 e. The third-order valence-electron chi connectivity index (χ3n) is 1.81. The van der Waals surface area contributed by atoms with Gasteiger partial charge in [-0.25, -0.2) is 0 Å². The summed E-state index contributed by atoms with van der Waals surface area (Å²) in [6, 6.07) is 2.03. The van der Waals surface area contributed by atoms with E-state index in [0.29, 0.717) is 0 Å². The molecule has 0 atom stereocenters. The van der Waals surface area contributed by atoms with Crippen LogP contribution in [0, 0.1) is 0 Å². The van der Waals surface area contributed by atoms with Gasteiger partial charge < -0.3 is 4.98 Å². The smallest absolute Gasteiger partial charge is 0.0383 e. The van der Waals surface area contributed by atoms with Crippen molar-refractivity contribution >= 4 is 12.2 Å². The highest BCUT2D eigenvalue weighted by atomic mass is 14.6. The van der Waals surface area contributed by atoms with Gasteiger partial charge in [0.15, 0.2) is 0 Å². The lowest BCUT2D eigenvalue weighted by atomic mass is 10.1. The SMILES string of the molecule is C=C/C(CC)=c1/cc[nH]c1=C.CC. The van der Waals surface area contributed by atoms with Crippen molar-refractivity contribution in [1.82, 2.24) is 4.98 Å². The van der Waals surface area contributed by atoms with Gasteiger partial charge in [-0.1, -0.05) is 40.0 Å². The molecule has 0 bridgehead atoms. The number of aromatic nitrogens is 1. The second-order valence-electron chi connectivity index (χ2n) is 2.45. The summed E-state index contributed by atoms with van der Waals surface area (Å²) in [5.74, 6) is 0. The number of rotatable bonds is 2. The first-order valence-electron chi connectivity index (χ1n) is 4.77. The van der Waals surface area contributed by atoms with Gasteiger partial charge >= 0.3 is 0 Å². The van der Waals surface area contributed by atoms with Crippen LogP contribution in [0.1, 0.15) is 27.2 Å². The molecule has 1 rings (SSSR count). The Kier molecular flexibility index (Phi) is 5.69. The zero-order valence-electron chi connectivity index (χ0n) is 8.85. The third kappa shape index (κ3) is 2.94. The number of nitrogens with one attached hydrogen (secondary N) is 1. The minimum Gasteiger partial charge on any atom is -0.362 e. The van der Waals surface area contributed by atoms with Crippen molar-refractivity contribution in [2.75, 3.05) is 0 Å². The van der Waals surface area contributed by atoms with Crippen LogP contribution in [0.25, 0.3) is 12.2 Å². The van der Waals surface area contributed by atoms with Crippen LogP contribution in [0.5, 0.6) is 0 Å². The van der Waals surface area contributed by atoms with E-state index >= 15 is 0 Å². The van der Waals surface area contributed by atoms with E-state index in [2.05, 4.69) is 25.1 Å². The third-order valence-corrected chi connectivity index (χ3v) is 1.81. The van der Waals surface area contributed by atoms with Gasteiger partial charge in [0.25, 0.3) is 0 Å².